The van der Waals surface area contributed by atoms with Crippen molar-refractivity contribution in [1.29, 1.82) is 0 Å². The molecule has 2 heterocycles. The zero-order valence-electron chi connectivity index (χ0n) is 19.7. The third-order valence-corrected chi connectivity index (χ3v) is 7.65. The van der Waals surface area contributed by atoms with Crippen LogP contribution >= 0.6 is 11.3 Å². The lowest BCUT2D eigenvalue weighted by atomic mass is 9.72. The quantitative estimate of drug-likeness (QED) is 0.443. The summed E-state index contributed by atoms with van der Waals surface area (Å²) in [5, 5.41) is 5.42. The Morgan fingerprint density at radius 1 is 1.06 bits per heavy atom. The highest BCUT2D eigenvalue weighted by Gasteiger charge is 2.41. The second kappa shape index (κ2) is 9.92. The molecule has 0 fully saturated rings. The zero-order chi connectivity index (χ0) is 24.4. The van der Waals surface area contributed by atoms with Gasteiger partial charge in [-0.2, -0.15) is 0 Å². The molecule has 0 spiro atoms. The van der Waals surface area contributed by atoms with E-state index < -0.39 is 11.9 Å². The van der Waals surface area contributed by atoms with Crippen LogP contribution in [0.15, 0.2) is 94.7 Å². The van der Waals surface area contributed by atoms with E-state index in [1.54, 1.807) is 11.3 Å². The molecule has 1 N–H and O–H groups in total. The van der Waals surface area contributed by atoms with Crippen molar-refractivity contribution in [2.45, 2.75) is 38.2 Å². The minimum Gasteiger partial charge on any atom is -0.489 e. The van der Waals surface area contributed by atoms with Crippen LogP contribution in [0.5, 0.6) is 5.75 Å². The fraction of sp³-hybridized carbons (Fsp3) is 0.241. The molecule has 0 saturated heterocycles. The van der Waals surface area contributed by atoms with Gasteiger partial charge in [0.15, 0.2) is 5.78 Å². The monoisotopic (exact) mass is 485 g/mol. The number of hydrogen-bond acceptors (Lipinski definition) is 6. The normalized spacial score (nSPS) is 19.8. The van der Waals surface area contributed by atoms with Crippen LogP contribution < -0.4 is 10.1 Å². The number of esters is 1. The van der Waals surface area contributed by atoms with Crippen molar-refractivity contribution >= 4 is 23.1 Å². The van der Waals surface area contributed by atoms with E-state index in [9.17, 15) is 9.59 Å². The first kappa shape index (κ1) is 23.1. The molecule has 35 heavy (non-hydrogen) atoms. The third-order valence-electron chi connectivity index (χ3n) is 6.62. The molecule has 0 bridgehead atoms. The molecule has 0 saturated carbocycles. The van der Waals surface area contributed by atoms with Gasteiger partial charge in [0, 0.05) is 40.1 Å². The largest absolute Gasteiger partial charge is 0.489 e. The van der Waals surface area contributed by atoms with Gasteiger partial charge in [-0.3, -0.25) is 4.79 Å². The van der Waals surface area contributed by atoms with Gasteiger partial charge < -0.3 is 14.8 Å². The van der Waals surface area contributed by atoms with Crippen molar-refractivity contribution in [3.63, 3.8) is 0 Å². The van der Waals surface area contributed by atoms with E-state index in [4.69, 9.17) is 9.47 Å². The molecule has 0 radical (unpaired) electrons. The summed E-state index contributed by atoms with van der Waals surface area (Å²) in [4.78, 5) is 27.7. The smallest absolute Gasteiger partial charge is 0.336 e. The van der Waals surface area contributed by atoms with E-state index in [0.717, 1.165) is 28.9 Å². The number of carbonyl (C=O) groups excluding carboxylic acids is 2. The summed E-state index contributed by atoms with van der Waals surface area (Å²) in [5.74, 6) is -0.0474. The standard InChI is InChI=1S/C29H27NO4S/c1-18-26(29(32)33-2)27(20-10-6-11-22(14-20)34-17-19-8-4-3-5-9-19)28-23(30-18)15-21(16-24(28)31)25-12-7-13-35-25/h3-14,21,27,30H,15-17H2,1-2H3. The second-order valence-corrected chi connectivity index (χ2v) is 9.85. The number of allylic oxidation sites excluding steroid dienone is 3. The van der Waals surface area contributed by atoms with E-state index in [-0.39, 0.29) is 11.7 Å². The third kappa shape index (κ3) is 4.66. The number of Topliss-reactive ketones (excluding diaryl/α,β-unsaturated/α-hetero) is 1. The summed E-state index contributed by atoms with van der Waals surface area (Å²) in [6.07, 6.45) is 1.16. The number of nitrogens with one attached hydrogen (secondary N) is 1. The molecule has 5 rings (SSSR count). The van der Waals surface area contributed by atoms with Crippen LogP contribution in [-0.4, -0.2) is 18.9 Å². The van der Waals surface area contributed by atoms with Crippen LogP contribution in [0.4, 0.5) is 0 Å². The van der Waals surface area contributed by atoms with Crippen LogP contribution in [0.2, 0.25) is 0 Å². The Hall–Kier alpha value is -3.64. The van der Waals surface area contributed by atoms with Crippen molar-refractivity contribution in [3.8, 4) is 5.75 Å². The lowest BCUT2D eigenvalue weighted by Crippen LogP contribution is -2.35. The number of rotatable bonds is 6. The number of ketones is 1. The molecule has 178 valence electrons. The molecule has 1 aromatic heterocycles. The Morgan fingerprint density at radius 3 is 2.63 bits per heavy atom. The topological polar surface area (TPSA) is 64.6 Å². The molecular formula is C29H27NO4S. The Balaban J connectivity index is 1.52. The fourth-order valence-electron chi connectivity index (χ4n) is 5.00. The number of hydrogen-bond donors (Lipinski definition) is 1. The van der Waals surface area contributed by atoms with Crippen molar-refractivity contribution in [2.24, 2.45) is 0 Å². The van der Waals surface area contributed by atoms with Gasteiger partial charge in [-0.25, -0.2) is 4.79 Å². The first-order valence-electron chi connectivity index (χ1n) is 11.7. The summed E-state index contributed by atoms with van der Waals surface area (Å²) in [5.41, 5.74) is 4.64. The lowest BCUT2D eigenvalue weighted by Gasteiger charge is -2.36. The zero-order valence-corrected chi connectivity index (χ0v) is 20.6. The lowest BCUT2D eigenvalue weighted by molar-refractivity contribution is -0.136. The second-order valence-electron chi connectivity index (χ2n) is 8.87. The first-order valence-corrected chi connectivity index (χ1v) is 12.6. The van der Waals surface area contributed by atoms with Crippen molar-refractivity contribution in [3.05, 3.63) is 111 Å². The molecule has 2 unspecified atom stereocenters. The van der Waals surface area contributed by atoms with Crippen LogP contribution in [0.3, 0.4) is 0 Å². The maximum Gasteiger partial charge on any atom is 0.336 e. The SMILES string of the molecule is COC(=O)C1=C(C)NC2=C(C(=O)CC(c3cccs3)C2)C1c1cccc(OCc2ccccc2)c1. The van der Waals surface area contributed by atoms with Gasteiger partial charge in [-0.1, -0.05) is 48.5 Å². The molecule has 6 heteroatoms. The molecule has 2 aliphatic rings. The van der Waals surface area contributed by atoms with Gasteiger partial charge in [0.05, 0.1) is 12.7 Å². The highest BCUT2D eigenvalue weighted by Crippen LogP contribution is 2.46. The van der Waals surface area contributed by atoms with Crippen molar-refractivity contribution in [1.82, 2.24) is 5.32 Å². The van der Waals surface area contributed by atoms with Gasteiger partial charge in [-0.15, -0.1) is 11.3 Å². The highest BCUT2D eigenvalue weighted by atomic mass is 32.1. The number of dihydropyridines is 1. The van der Waals surface area contributed by atoms with E-state index in [2.05, 4.69) is 11.4 Å². The number of methoxy groups -OCH3 is 1. The molecule has 2 atom stereocenters. The van der Waals surface area contributed by atoms with Crippen molar-refractivity contribution in [2.75, 3.05) is 7.11 Å². The van der Waals surface area contributed by atoms with E-state index >= 15 is 0 Å². The van der Waals surface area contributed by atoms with Gasteiger partial charge in [0.25, 0.3) is 0 Å². The highest BCUT2D eigenvalue weighted by molar-refractivity contribution is 7.10. The molecular weight excluding hydrogens is 458 g/mol. The van der Waals surface area contributed by atoms with Gasteiger partial charge >= 0.3 is 5.97 Å². The summed E-state index contributed by atoms with van der Waals surface area (Å²) in [6.45, 7) is 2.31. The minimum absolute atomic E-state index is 0.0617. The van der Waals surface area contributed by atoms with Crippen LogP contribution in [0.1, 0.15) is 47.6 Å². The Morgan fingerprint density at radius 2 is 1.89 bits per heavy atom. The van der Waals surface area contributed by atoms with Gasteiger partial charge in [0.1, 0.15) is 12.4 Å². The van der Waals surface area contributed by atoms with E-state index in [1.807, 2.05) is 73.0 Å². The first-order chi connectivity index (χ1) is 17.0. The van der Waals surface area contributed by atoms with E-state index in [0.29, 0.717) is 29.9 Å². The van der Waals surface area contributed by atoms with Gasteiger partial charge in [-0.05, 0) is 48.1 Å². The summed E-state index contributed by atoms with van der Waals surface area (Å²) in [7, 11) is 1.37. The maximum absolute atomic E-state index is 13.6. The Bertz CT molecular complexity index is 1310. The Kier molecular flexibility index (Phi) is 6.55. The van der Waals surface area contributed by atoms with Gasteiger partial charge in [0.2, 0.25) is 0 Å². The minimum atomic E-state index is -0.504. The molecule has 1 aliphatic heterocycles. The number of benzene rings is 2. The van der Waals surface area contributed by atoms with E-state index in [1.165, 1.54) is 12.0 Å². The number of carbonyl (C=O) groups is 2. The molecule has 0 amide bonds. The molecule has 2 aromatic carbocycles. The fourth-order valence-corrected chi connectivity index (χ4v) is 5.83. The summed E-state index contributed by atoms with van der Waals surface area (Å²) < 4.78 is 11.2. The average molecular weight is 486 g/mol. The average Bonchev–Trinajstić information content (AvgIpc) is 3.42. The number of ether oxygens (including phenoxy) is 2. The molecule has 3 aromatic rings. The molecule has 1 aliphatic carbocycles. The number of thiophene rings is 1. The predicted octanol–water partition coefficient (Wildman–Crippen LogP) is 5.86. The Labute approximate surface area is 209 Å². The van der Waals surface area contributed by atoms with Crippen molar-refractivity contribution < 1.29 is 19.1 Å². The van der Waals surface area contributed by atoms with Crippen LogP contribution in [-0.2, 0) is 20.9 Å². The predicted molar refractivity (Wildman–Crippen MR) is 136 cm³/mol. The summed E-state index contributed by atoms with van der Waals surface area (Å²) >= 11 is 1.68. The molecule has 5 nitrogen and oxygen atoms in total. The maximum atomic E-state index is 13.6. The summed E-state index contributed by atoms with van der Waals surface area (Å²) in [6, 6.07) is 21.7. The van der Waals surface area contributed by atoms with Crippen LogP contribution in [0, 0.1) is 0 Å². The van der Waals surface area contributed by atoms with Crippen LogP contribution in [0.25, 0.3) is 0 Å².